The number of hydrogen-bond acceptors (Lipinski definition) is 3. The number of nitrogens with one attached hydrogen (secondary N) is 2. The lowest BCUT2D eigenvalue weighted by atomic mass is 9.55. The van der Waals surface area contributed by atoms with Crippen molar-refractivity contribution in [2.75, 3.05) is 17.2 Å². The molecule has 2 saturated heterocycles. The number of benzene rings is 2. The topological polar surface area (TPSA) is 61.4 Å². The van der Waals surface area contributed by atoms with E-state index in [2.05, 4.69) is 28.4 Å². The molecule has 0 unspecified atom stereocenters. The van der Waals surface area contributed by atoms with E-state index in [0.717, 1.165) is 47.8 Å². The number of fused-ring (bicyclic) bond motifs is 7. The van der Waals surface area contributed by atoms with Crippen LogP contribution in [0.5, 0.6) is 0 Å². The Kier molecular flexibility index (Phi) is 3.46. The summed E-state index contributed by atoms with van der Waals surface area (Å²) in [4.78, 5) is 30.6. The molecule has 1 aliphatic carbocycles. The minimum atomic E-state index is -1.07. The van der Waals surface area contributed by atoms with Crippen LogP contribution in [0.2, 0.25) is 0 Å². The molecule has 3 fully saturated rings. The quantitative estimate of drug-likeness (QED) is 0.762. The predicted molar refractivity (Wildman–Crippen MR) is 117 cm³/mol. The van der Waals surface area contributed by atoms with Crippen LogP contribution in [-0.4, -0.2) is 29.3 Å². The molecule has 2 aromatic rings. The molecule has 2 aromatic carbocycles. The first-order valence-corrected chi connectivity index (χ1v) is 11.0. The summed E-state index contributed by atoms with van der Waals surface area (Å²) in [6, 6.07) is 16.0. The van der Waals surface area contributed by atoms with Crippen molar-refractivity contribution >= 4 is 23.2 Å². The lowest BCUT2D eigenvalue weighted by molar-refractivity contribution is -0.137. The molecule has 153 valence electrons. The molecule has 2 amide bonds. The molecule has 4 atom stereocenters. The highest BCUT2D eigenvalue weighted by Crippen LogP contribution is 2.69. The van der Waals surface area contributed by atoms with Gasteiger partial charge in [-0.1, -0.05) is 36.4 Å². The second-order valence-electron chi connectivity index (χ2n) is 9.12. The summed E-state index contributed by atoms with van der Waals surface area (Å²) in [7, 11) is 0. The number of hydrogen-bond donors (Lipinski definition) is 2. The highest BCUT2D eigenvalue weighted by molar-refractivity contribution is 6.18. The van der Waals surface area contributed by atoms with Gasteiger partial charge in [0.15, 0.2) is 0 Å². The fraction of sp³-hybridized carbons (Fsp3) is 0.269. The monoisotopic (exact) mass is 408 g/mol. The maximum absolute atomic E-state index is 14.2. The van der Waals surface area contributed by atoms with Gasteiger partial charge in [-0.2, -0.15) is 0 Å². The molecule has 7 rings (SSSR count). The van der Waals surface area contributed by atoms with E-state index in [0.29, 0.717) is 0 Å². The van der Waals surface area contributed by atoms with E-state index in [1.165, 1.54) is 0 Å². The zero-order chi connectivity index (χ0) is 20.8. The van der Waals surface area contributed by atoms with Gasteiger partial charge in [0.1, 0.15) is 11.0 Å². The van der Waals surface area contributed by atoms with Gasteiger partial charge in [-0.25, -0.2) is 0 Å². The van der Waals surface area contributed by atoms with Crippen molar-refractivity contribution in [2.45, 2.75) is 29.8 Å². The number of para-hydroxylation sites is 2. The van der Waals surface area contributed by atoms with Gasteiger partial charge in [0.25, 0.3) is 5.91 Å². The van der Waals surface area contributed by atoms with Crippen LogP contribution in [-0.2, 0) is 20.5 Å². The molecule has 4 aliphatic heterocycles. The summed E-state index contributed by atoms with van der Waals surface area (Å²) >= 11 is 0. The molecule has 2 N–H and O–H groups in total. The third-order valence-electron chi connectivity index (χ3n) is 8.05. The molecule has 31 heavy (non-hydrogen) atoms. The average molecular weight is 408 g/mol. The van der Waals surface area contributed by atoms with Gasteiger partial charge in [-0.15, -0.1) is 0 Å². The minimum Gasteiger partial charge on any atom is -0.325 e. The van der Waals surface area contributed by atoms with Crippen molar-refractivity contribution in [3.8, 4) is 0 Å². The van der Waals surface area contributed by atoms with E-state index in [1.54, 1.807) is 0 Å². The van der Waals surface area contributed by atoms with Gasteiger partial charge in [0.2, 0.25) is 5.91 Å². The Morgan fingerprint density at radius 2 is 1.48 bits per heavy atom. The van der Waals surface area contributed by atoms with E-state index in [9.17, 15) is 9.59 Å². The molecule has 5 radical (unpaired) electrons. The summed E-state index contributed by atoms with van der Waals surface area (Å²) in [5.41, 5.74) is 1.41. The third-order valence-corrected chi connectivity index (χ3v) is 8.05. The lowest BCUT2D eigenvalue weighted by Gasteiger charge is -2.44. The minimum absolute atomic E-state index is 0.0684. The van der Waals surface area contributed by atoms with E-state index in [4.69, 9.17) is 0 Å². The second-order valence-corrected chi connectivity index (χ2v) is 9.12. The fourth-order valence-electron chi connectivity index (χ4n) is 7.23. The summed E-state index contributed by atoms with van der Waals surface area (Å²) in [5.74, 6) is 0.881. The van der Waals surface area contributed by atoms with Crippen LogP contribution < -0.4 is 10.6 Å². The van der Waals surface area contributed by atoms with Gasteiger partial charge in [0, 0.05) is 28.9 Å². The van der Waals surface area contributed by atoms with Gasteiger partial charge >= 0.3 is 0 Å². The van der Waals surface area contributed by atoms with Crippen molar-refractivity contribution in [2.24, 2.45) is 5.92 Å². The number of nitrogens with zero attached hydrogens (tertiary/aromatic N) is 1. The van der Waals surface area contributed by atoms with Gasteiger partial charge in [0.05, 0.1) is 0 Å². The van der Waals surface area contributed by atoms with Crippen molar-refractivity contribution in [3.63, 3.8) is 0 Å². The number of amides is 2. The zero-order valence-corrected chi connectivity index (χ0v) is 17.0. The van der Waals surface area contributed by atoms with Crippen molar-refractivity contribution < 1.29 is 9.59 Å². The molecule has 0 bridgehead atoms. The smallest absolute Gasteiger partial charge is 0.251 e. The van der Waals surface area contributed by atoms with Crippen molar-refractivity contribution in [3.05, 3.63) is 91.3 Å². The van der Waals surface area contributed by atoms with Crippen molar-refractivity contribution in [1.82, 2.24) is 4.90 Å². The van der Waals surface area contributed by atoms with Crippen LogP contribution in [0.15, 0.2) is 48.5 Å². The highest BCUT2D eigenvalue weighted by atomic mass is 16.2. The molecule has 1 saturated carbocycles. The lowest BCUT2D eigenvalue weighted by Crippen LogP contribution is -2.62. The number of carbonyl (C=O) groups excluding carboxylic acids is 2. The van der Waals surface area contributed by atoms with Gasteiger partial charge in [-0.05, 0) is 68.7 Å². The van der Waals surface area contributed by atoms with Gasteiger partial charge < -0.3 is 10.6 Å². The van der Waals surface area contributed by atoms with Crippen LogP contribution in [0, 0.1) is 37.5 Å². The summed E-state index contributed by atoms with van der Waals surface area (Å²) in [6.07, 6.45) is 10.3. The first kappa shape index (κ1) is 18.0. The van der Waals surface area contributed by atoms with E-state index in [-0.39, 0.29) is 23.8 Å². The predicted octanol–water partition coefficient (Wildman–Crippen LogP) is 3.22. The zero-order valence-electron chi connectivity index (χ0n) is 17.0. The Labute approximate surface area is 182 Å². The normalized spacial score (nSPS) is 36.1. The van der Waals surface area contributed by atoms with Crippen LogP contribution in [0.1, 0.15) is 24.0 Å². The first-order valence-electron chi connectivity index (χ1n) is 11.0. The van der Waals surface area contributed by atoms with Crippen LogP contribution in [0.3, 0.4) is 0 Å². The fourth-order valence-corrected chi connectivity index (χ4v) is 7.23. The Morgan fingerprint density at radius 1 is 0.839 bits per heavy atom. The Morgan fingerprint density at radius 3 is 2.26 bits per heavy atom. The molecule has 5 nitrogen and oxygen atoms in total. The highest BCUT2D eigenvalue weighted by Gasteiger charge is 2.80. The molecule has 5 aliphatic rings. The molecular weight excluding hydrogens is 386 g/mol. The second kappa shape index (κ2) is 5.98. The van der Waals surface area contributed by atoms with Crippen LogP contribution >= 0.6 is 0 Å². The number of carbonyl (C=O) groups is 2. The summed E-state index contributed by atoms with van der Waals surface area (Å²) < 4.78 is 0. The molecule has 0 aromatic heterocycles. The molecule has 2 spiro atoms. The van der Waals surface area contributed by atoms with Crippen LogP contribution in [0.4, 0.5) is 11.4 Å². The molecule has 5 heteroatoms. The Balaban J connectivity index is 1.61. The summed E-state index contributed by atoms with van der Waals surface area (Å²) in [6.45, 7) is 0.806. The maximum Gasteiger partial charge on any atom is 0.251 e. The molecular formula is C26H22N3O2. The number of rotatable bonds is 1. The SMILES string of the molecule is O=C1Nc2ccccc2[C@]12N1CCC[C@@H]1[C@@H]([C]1[CH][CH][CH][CH]1)[C@]21C(=O)Nc2ccccc21. The van der Waals surface area contributed by atoms with E-state index < -0.39 is 11.0 Å². The average Bonchev–Trinajstić information content (AvgIpc) is 3.56. The van der Waals surface area contributed by atoms with Gasteiger partial charge in [-0.3, -0.25) is 14.5 Å². The van der Waals surface area contributed by atoms with E-state index >= 15 is 0 Å². The molecule has 4 heterocycles. The van der Waals surface area contributed by atoms with Crippen LogP contribution in [0.25, 0.3) is 0 Å². The maximum atomic E-state index is 14.2. The Hall–Kier alpha value is -2.66. The summed E-state index contributed by atoms with van der Waals surface area (Å²) in [5, 5.41) is 6.32. The Bertz CT molecular complexity index is 1120. The standard InChI is InChI=1S/C26H22N3O2/c30-23-25(17-10-3-5-12-19(17)27-23)22(16-8-1-2-9-16)21-14-7-15-29(21)26(25)18-11-4-6-13-20(18)28-24(26)31/h1-6,8-13,21-22H,7,14-15H2,(H,27,30)(H,28,31)/t21-,22-,25-,26+/m1/s1. The third kappa shape index (κ3) is 1.85. The largest absolute Gasteiger partial charge is 0.325 e. The van der Waals surface area contributed by atoms with E-state index in [1.807, 2.05) is 61.4 Å². The van der Waals surface area contributed by atoms with Crippen molar-refractivity contribution in [1.29, 1.82) is 0 Å². The number of anilines is 2. The first-order chi connectivity index (χ1) is 15.2.